The standard InChI is InChI=1S/C16H26N4OS/c1-19(2)10-14-11-22-15(18-14)9-17-16(21)20-7-5-13(6-8-20)12-3-4-12/h11-13H,3-10H2,1-2H3,(H,17,21). The molecule has 5 nitrogen and oxygen atoms in total. The van der Waals surface area contributed by atoms with Gasteiger partial charge in [-0.05, 0) is 51.6 Å². The van der Waals surface area contributed by atoms with Crippen LogP contribution in [-0.2, 0) is 13.1 Å². The molecule has 1 N–H and O–H groups in total. The van der Waals surface area contributed by atoms with E-state index in [9.17, 15) is 4.79 Å². The maximum atomic E-state index is 12.2. The molecule has 2 aliphatic rings. The van der Waals surface area contributed by atoms with Crippen molar-refractivity contribution in [2.45, 2.75) is 38.8 Å². The summed E-state index contributed by atoms with van der Waals surface area (Å²) in [5.74, 6) is 1.84. The van der Waals surface area contributed by atoms with E-state index in [0.29, 0.717) is 6.54 Å². The van der Waals surface area contributed by atoms with Crippen molar-refractivity contribution in [3.05, 3.63) is 16.1 Å². The second-order valence-corrected chi connectivity index (χ2v) is 7.73. The minimum absolute atomic E-state index is 0.0682. The zero-order chi connectivity index (χ0) is 15.5. The summed E-state index contributed by atoms with van der Waals surface area (Å²) >= 11 is 1.62. The molecule has 0 bridgehead atoms. The number of rotatable bonds is 5. The zero-order valence-electron chi connectivity index (χ0n) is 13.5. The maximum absolute atomic E-state index is 12.2. The number of piperidine rings is 1. The second-order valence-electron chi connectivity index (χ2n) is 6.79. The van der Waals surface area contributed by atoms with Crippen molar-refractivity contribution in [3.8, 4) is 0 Å². The summed E-state index contributed by atoms with van der Waals surface area (Å²) in [4.78, 5) is 20.9. The van der Waals surface area contributed by atoms with Crippen molar-refractivity contribution in [1.29, 1.82) is 0 Å². The number of nitrogens with zero attached hydrogens (tertiary/aromatic N) is 3. The third-order valence-corrected chi connectivity index (χ3v) is 5.48. The van der Waals surface area contributed by atoms with Crippen LogP contribution in [0.15, 0.2) is 5.38 Å². The lowest BCUT2D eigenvalue weighted by atomic mass is 9.92. The molecule has 1 aliphatic carbocycles. The number of likely N-dealkylation sites (tertiary alicyclic amines) is 1. The summed E-state index contributed by atoms with van der Waals surface area (Å²) in [7, 11) is 4.07. The predicted molar refractivity (Wildman–Crippen MR) is 88.8 cm³/mol. The van der Waals surface area contributed by atoms with E-state index in [2.05, 4.69) is 20.6 Å². The first-order valence-corrected chi connectivity index (χ1v) is 9.10. The number of aromatic nitrogens is 1. The van der Waals surface area contributed by atoms with Crippen molar-refractivity contribution in [1.82, 2.24) is 20.1 Å². The number of urea groups is 1. The van der Waals surface area contributed by atoms with Crippen molar-refractivity contribution < 1.29 is 4.79 Å². The summed E-state index contributed by atoms with van der Waals surface area (Å²) in [6.45, 7) is 3.21. The van der Waals surface area contributed by atoms with Crippen LogP contribution in [0.3, 0.4) is 0 Å². The average Bonchev–Trinajstić information content (AvgIpc) is 3.26. The van der Waals surface area contributed by atoms with E-state index < -0.39 is 0 Å². The molecule has 1 saturated heterocycles. The fraction of sp³-hybridized carbons (Fsp3) is 0.750. The molecule has 0 unspecified atom stereocenters. The van der Waals surface area contributed by atoms with Gasteiger partial charge >= 0.3 is 6.03 Å². The van der Waals surface area contributed by atoms with Gasteiger partial charge in [0.25, 0.3) is 0 Å². The molecule has 0 radical (unpaired) electrons. The second kappa shape index (κ2) is 6.96. The van der Waals surface area contributed by atoms with Gasteiger partial charge in [0.1, 0.15) is 5.01 Å². The van der Waals surface area contributed by atoms with Gasteiger partial charge in [-0.15, -0.1) is 11.3 Å². The molecule has 1 aromatic rings. The monoisotopic (exact) mass is 322 g/mol. The van der Waals surface area contributed by atoms with Crippen molar-refractivity contribution in [2.75, 3.05) is 27.2 Å². The van der Waals surface area contributed by atoms with Gasteiger partial charge in [-0.2, -0.15) is 0 Å². The van der Waals surface area contributed by atoms with Gasteiger partial charge in [0.15, 0.2) is 0 Å². The molecule has 122 valence electrons. The SMILES string of the molecule is CN(C)Cc1csc(CNC(=O)N2CCC(C3CC3)CC2)n1. The minimum Gasteiger partial charge on any atom is -0.331 e. The molecule has 2 fully saturated rings. The summed E-state index contributed by atoms with van der Waals surface area (Å²) in [5, 5.41) is 6.07. The molecule has 1 aromatic heterocycles. The molecule has 3 rings (SSSR count). The Morgan fingerprint density at radius 1 is 1.32 bits per heavy atom. The fourth-order valence-corrected chi connectivity index (χ4v) is 3.96. The maximum Gasteiger partial charge on any atom is 0.317 e. The van der Waals surface area contributed by atoms with Crippen molar-refractivity contribution in [2.24, 2.45) is 11.8 Å². The lowest BCUT2D eigenvalue weighted by molar-refractivity contribution is 0.164. The quantitative estimate of drug-likeness (QED) is 0.906. The van der Waals surface area contributed by atoms with E-state index in [1.54, 1.807) is 11.3 Å². The minimum atomic E-state index is 0.0682. The summed E-state index contributed by atoms with van der Waals surface area (Å²) in [6.07, 6.45) is 5.19. The molecule has 2 amide bonds. The van der Waals surface area contributed by atoms with Crippen LogP contribution < -0.4 is 5.32 Å². The van der Waals surface area contributed by atoms with Crippen LogP contribution in [0.5, 0.6) is 0 Å². The lowest BCUT2D eigenvalue weighted by Crippen LogP contribution is -2.44. The van der Waals surface area contributed by atoms with E-state index in [-0.39, 0.29) is 6.03 Å². The number of amides is 2. The smallest absolute Gasteiger partial charge is 0.317 e. The highest BCUT2D eigenvalue weighted by Gasteiger charge is 2.34. The Balaban J connectivity index is 1.41. The Morgan fingerprint density at radius 2 is 2.00 bits per heavy atom. The topological polar surface area (TPSA) is 48.5 Å². The third kappa shape index (κ3) is 4.20. The third-order valence-electron chi connectivity index (χ3n) is 4.58. The van der Waals surface area contributed by atoms with Gasteiger partial charge in [-0.3, -0.25) is 0 Å². The van der Waals surface area contributed by atoms with Crippen LogP contribution in [0.1, 0.15) is 36.4 Å². The summed E-state index contributed by atoms with van der Waals surface area (Å²) in [5.41, 5.74) is 1.07. The number of carbonyl (C=O) groups is 1. The molecule has 6 heteroatoms. The Bertz CT molecular complexity index is 504. The number of carbonyl (C=O) groups excluding carboxylic acids is 1. The van der Waals surface area contributed by atoms with Crippen LogP contribution in [0.25, 0.3) is 0 Å². The van der Waals surface area contributed by atoms with Gasteiger partial charge in [-0.1, -0.05) is 0 Å². The summed E-state index contributed by atoms with van der Waals surface area (Å²) in [6, 6.07) is 0.0682. The number of thiazole rings is 1. The van der Waals surface area contributed by atoms with Crippen LogP contribution in [0, 0.1) is 11.8 Å². The van der Waals surface area contributed by atoms with Gasteiger partial charge < -0.3 is 15.1 Å². The Hall–Kier alpha value is -1.14. The van der Waals surface area contributed by atoms with Crippen molar-refractivity contribution in [3.63, 3.8) is 0 Å². The van der Waals surface area contributed by atoms with Crippen LogP contribution in [0.4, 0.5) is 4.79 Å². The number of hydrogen-bond donors (Lipinski definition) is 1. The number of nitrogens with one attached hydrogen (secondary N) is 1. The first-order chi connectivity index (χ1) is 10.6. The first kappa shape index (κ1) is 15.7. The molecular formula is C16H26N4OS. The van der Waals surface area contributed by atoms with Gasteiger partial charge in [-0.25, -0.2) is 9.78 Å². The molecule has 22 heavy (non-hydrogen) atoms. The Kier molecular flexibility index (Phi) is 4.98. The molecule has 0 spiro atoms. The Labute approximate surface area is 136 Å². The first-order valence-electron chi connectivity index (χ1n) is 8.22. The van der Waals surface area contributed by atoms with E-state index in [4.69, 9.17) is 0 Å². The van der Waals surface area contributed by atoms with Gasteiger partial charge in [0.05, 0.1) is 12.2 Å². The molecule has 2 heterocycles. The Morgan fingerprint density at radius 3 is 2.64 bits per heavy atom. The largest absolute Gasteiger partial charge is 0.331 e. The van der Waals surface area contributed by atoms with Crippen LogP contribution in [0.2, 0.25) is 0 Å². The van der Waals surface area contributed by atoms with Crippen molar-refractivity contribution >= 4 is 17.4 Å². The molecule has 0 atom stereocenters. The van der Waals surface area contributed by atoms with E-state index in [1.807, 2.05) is 19.0 Å². The molecule has 1 aliphatic heterocycles. The molecular weight excluding hydrogens is 296 g/mol. The molecule has 1 saturated carbocycles. The average molecular weight is 322 g/mol. The van der Waals surface area contributed by atoms with E-state index in [1.165, 1.54) is 25.7 Å². The number of hydrogen-bond acceptors (Lipinski definition) is 4. The predicted octanol–water partition coefficient (Wildman–Crippen LogP) is 2.54. The van der Waals surface area contributed by atoms with Gasteiger partial charge in [0, 0.05) is 25.0 Å². The van der Waals surface area contributed by atoms with Gasteiger partial charge in [0.2, 0.25) is 0 Å². The normalized spacial score (nSPS) is 19.7. The van der Waals surface area contributed by atoms with E-state index in [0.717, 1.165) is 42.2 Å². The molecule has 0 aromatic carbocycles. The lowest BCUT2D eigenvalue weighted by Gasteiger charge is -2.32. The van der Waals surface area contributed by atoms with Crippen LogP contribution in [-0.4, -0.2) is 48.0 Å². The van der Waals surface area contributed by atoms with E-state index >= 15 is 0 Å². The zero-order valence-corrected chi connectivity index (χ0v) is 14.4. The highest BCUT2D eigenvalue weighted by molar-refractivity contribution is 7.09. The highest BCUT2D eigenvalue weighted by atomic mass is 32.1. The fourth-order valence-electron chi connectivity index (χ4n) is 3.23. The van der Waals surface area contributed by atoms with Crippen LogP contribution >= 0.6 is 11.3 Å². The highest BCUT2D eigenvalue weighted by Crippen LogP contribution is 2.41. The summed E-state index contributed by atoms with van der Waals surface area (Å²) < 4.78 is 0.